The summed E-state index contributed by atoms with van der Waals surface area (Å²) < 4.78 is 7.51. The van der Waals surface area contributed by atoms with Gasteiger partial charge in [-0.05, 0) is 54.7 Å². The van der Waals surface area contributed by atoms with Gasteiger partial charge in [-0.3, -0.25) is 9.36 Å². The highest BCUT2D eigenvalue weighted by molar-refractivity contribution is 7.99. The Labute approximate surface area is 191 Å². The fraction of sp³-hybridized carbons (Fsp3) is 0.435. The van der Waals surface area contributed by atoms with Crippen LogP contribution in [0.25, 0.3) is 11.4 Å². The molecule has 0 saturated heterocycles. The second-order valence-corrected chi connectivity index (χ2v) is 9.59. The summed E-state index contributed by atoms with van der Waals surface area (Å²) in [5.74, 6) is 2.99. The molecule has 0 aliphatic heterocycles. The van der Waals surface area contributed by atoms with E-state index in [0.29, 0.717) is 40.1 Å². The van der Waals surface area contributed by atoms with Crippen LogP contribution in [0.15, 0.2) is 52.2 Å². The van der Waals surface area contributed by atoms with Gasteiger partial charge in [0.25, 0.3) is 0 Å². The number of hydrogen-bond acceptors (Lipinski definition) is 5. The van der Waals surface area contributed by atoms with E-state index < -0.39 is 0 Å². The molecule has 31 heavy (non-hydrogen) atoms. The molecule has 164 valence electrons. The Balaban J connectivity index is 1.48. The molecule has 0 bridgehead atoms. The zero-order valence-corrected chi connectivity index (χ0v) is 19.3. The number of furan rings is 1. The maximum Gasteiger partial charge on any atom is 0.230 e. The highest BCUT2D eigenvalue weighted by Gasteiger charge is 2.28. The van der Waals surface area contributed by atoms with Gasteiger partial charge in [-0.15, -0.1) is 10.2 Å². The average Bonchev–Trinajstić information content (AvgIpc) is 3.41. The van der Waals surface area contributed by atoms with Crippen molar-refractivity contribution in [2.45, 2.75) is 50.9 Å². The van der Waals surface area contributed by atoms with Gasteiger partial charge < -0.3 is 9.73 Å². The first-order valence-electron chi connectivity index (χ1n) is 10.6. The van der Waals surface area contributed by atoms with E-state index >= 15 is 0 Å². The lowest BCUT2D eigenvalue weighted by Gasteiger charge is -2.34. The maximum absolute atomic E-state index is 12.7. The lowest BCUT2D eigenvalue weighted by atomic mass is 9.78. The normalized spacial score (nSPS) is 21.2. The van der Waals surface area contributed by atoms with E-state index in [1.54, 1.807) is 6.26 Å². The number of nitrogens with zero attached hydrogens (tertiary/aromatic N) is 3. The number of benzene rings is 1. The molecule has 1 N–H and O–H groups in total. The summed E-state index contributed by atoms with van der Waals surface area (Å²) >= 11 is 7.43. The third-order valence-electron chi connectivity index (χ3n) is 6.10. The van der Waals surface area contributed by atoms with Crippen LogP contribution in [0, 0.1) is 11.8 Å². The maximum atomic E-state index is 12.7. The minimum atomic E-state index is 0.0385. The van der Waals surface area contributed by atoms with Crippen molar-refractivity contribution in [3.05, 3.63) is 53.4 Å². The van der Waals surface area contributed by atoms with Crippen molar-refractivity contribution in [3.8, 4) is 11.4 Å². The van der Waals surface area contributed by atoms with Gasteiger partial charge in [-0.1, -0.05) is 50.1 Å². The van der Waals surface area contributed by atoms with Gasteiger partial charge in [0.2, 0.25) is 5.91 Å². The highest BCUT2D eigenvalue weighted by atomic mass is 35.5. The van der Waals surface area contributed by atoms with Crippen LogP contribution in [0.5, 0.6) is 0 Å². The highest BCUT2D eigenvalue weighted by Crippen LogP contribution is 2.30. The Hall–Kier alpha value is -2.25. The second-order valence-electron chi connectivity index (χ2n) is 8.21. The lowest BCUT2D eigenvalue weighted by molar-refractivity contribution is -0.120. The number of nitrogens with one attached hydrogen (secondary N) is 1. The SMILES string of the molecule is CC1CCCC(NC(=O)CSc2nnc(-c3ccc(Cl)cc3)n2Cc2ccco2)C1C. The van der Waals surface area contributed by atoms with Crippen molar-refractivity contribution >= 4 is 29.3 Å². The number of rotatable bonds is 7. The van der Waals surface area contributed by atoms with Crippen LogP contribution in [0.3, 0.4) is 0 Å². The number of aromatic nitrogens is 3. The first kappa shape index (κ1) is 22.0. The van der Waals surface area contributed by atoms with Gasteiger partial charge >= 0.3 is 0 Å². The van der Waals surface area contributed by atoms with E-state index in [2.05, 4.69) is 29.4 Å². The van der Waals surface area contributed by atoms with Crippen molar-refractivity contribution in [2.75, 3.05) is 5.75 Å². The molecule has 4 rings (SSSR count). The van der Waals surface area contributed by atoms with Crippen LogP contribution >= 0.6 is 23.4 Å². The van der Waals surface area contributed by atoms with E-state index in [0.717, 1.165) is 17.7 Å². The molecule has 3 unspecified atom stereocenters. The molecule has 3 aromatic rings. The third kappa shape index (κ3) is 5.33. The molecular formula is C23H27ClN4O2S. The third-order valence-corrected chi connectivity index (χ3v) is 7.32. The number of thioether (sulfide) groups is 1. The number of carbonyl (C=O) groups excluding carboxylic acids is 1. The fourth-order valence-corrected chi connectivity index (χ4v) is 4.95. The minimum absolute atomic E-state index is 0.0385. The van der Waals surface area contributed by atoms with E-state index in [1.165, 1.54) is 24.6 Å². The summed E-state index contributed by atoms with van der Waals surface area (Å²) in [6.07, 6.45) is 5.11. The molecule has 1 amide bonds. The van der Waals surface area contributed by atoms with Crippen molar-refractivity contribution in [1.29, 1.82) is 0 Å². The Morgan fingerprint density at radius 1 is 1.23 bits per heavy atom. The van der Waals surface area contributed by atoms with Gasteiger partial charge in [-0.25, -0.2) is 0 Å². The van der Waals surface area contributed by atoms with Gasteiger partial charge in [0.05, 0.1) is 18.6 Å². The number of amides is 1. The Kier molecular flexibility index (Phi) is 7.02. The predicted molar refractivity (Wildman–Crippen MR) is 123 cm³/mol. The molecular weight excluding hydrogens is 432 g/mol. The molecule has 0 radical (unpaired) electrons. The minimum Gasteiger partial charge on any atom is -0.467 e. The zero-order chi connectivity index (χ0) is 21.8. The van der Waals surface area contributed by atoms with Gasteiger partial charge in [0.1, 0.15) is 5.76 Å². The van der Waals surface area contributed by atoms with Crippen LogP contribution in [-0.2, 0) is 11.3 Å². The Morgan fingerprint density at radius 3 is 2.77 bits per heavy atom. The smallest absolute Gasteiger partial charge is 0.230 e. The van der Waals surface area contributed by atoms with E-state index in [4.69, 9.17) is 16.0 Å². The number of carbonyl (C=O) groups is 1. The predicted octanol–water partition coefficient (Wildman–Crippen LogP) is 5.27. The molecule has 3 atom stereocenters. The van der Waals surface area contributed by atoms with Crippen molar-refractivity contribution in [3.63, 3.8) is 0 Å². The molecule has 6 nitrogen and oxygen atoms in total. The average molecular weight is 459 g/mol. The fourth-order valence-electron chi connectivity index (χ4n) is 4.07. The quantitative estimate of drug-likeness (QED) is 0.488. The number of hydrogen-bond donors (Lipinski definition) is 1. The van der Waals surface area contributed by atoms with Gasteiger partial charge in [0.15, 0.2) is 11.0 Å². The van der Waals surface area contributed by atoms with Gasteiger partial charge in [0, 0.05) is 16.6 Å². The summed E-state index contributed by atoms with van der Waals surface area (Å²) in [6, 6.07) is 11.5. The van der Waals surface area contributed by atoms with Crippen LogP contribution in [-0.4, -0.2) is 32.5 Å². The largest absolute Gasteiger partial charge is 0.467 e. The summed E-state index contributed by atoms with van der Waals surface area (Å²) in [7, 11) is 0. The summed E-state index contributed by atoms with van der Waals surface area (Å²) in [6.45, 7) is 4.99. The van der Waals surface area contributed by atoms with Crippen molar-refractivity contribution in [1.82, 2.24) is 20.1 Å². The first-order chi connectivity index (χ1) is 15.0. The Bertz CT molecular complexity index is 1000. The first-order valence-corrected chi connectivity index (χ1v) is 12.0. The molecule has 0 spiro atoms. The molecule has 2 heterocycles. The topological polar surface area (TPSA) is 73.0 Å². The summed E-state index contributed by atoms with van der Waals surface area (Å²) in [5, 5.41) is 13.3. The molecule has 1 aliphatic carbocycles. The molecule has 8 heteroatoms. The van der Waals surface area contributed by atoms with Crippen LogP contribution in [0.1, 0.15) is 38.9 Å². The van der Waals surface area contributed by atoms with Crippen LogP contribution < -0.4 is 5.32 Å². The Morgan fingerprint density at radius 2 is 2.03 bits per heavy atom. The second kappa shape index (κ2) is 9.92. The summed E-state index contributed by atoms with van der Waals surface area (Å²) in [4.78, 5) is 12.7. The number of halogens is 1. The molecule has 1 fully saturated rings. The standard InChI is InChI=1S/C23H27ClN4O2S/c1-15-5-3-7-20(16(15)2)25-21(29)14-31-23-27-26-22(17-8-10-18(24)11-9-17)28(23)13-19-6-4-12-30-19/h4,6,8-12,15-16,20H,3,5,7,13-14H2,1-2H3,(H,25,29). The lowest BCUT2D eigenvalue weighted by Crippen LogP contribution is -2.44. The van der Waals surface area contributed by atoms with Gasteiger partial charge in [-0.2, -0.15) is 0 Å². The molecule has 2 aromatic heterocycles. The van der Waals surface area contributed by atoms with Crippen LogP contribution in [0.2, 0.25) is 5.02 Å². The van der Waals surface area contributed by atoms with E-state index in [-0.39, 0.29) is 11.9 Å². The van der Waals surface area contributed by atoms with E-state index in [9.17, 15) is 4.79 Å². The van der Waals surface area contributed by atoms with Crippen molar-refractivity contribution < 1.29 is 9.21 Å². The molecule has 1 aromatic carbocycles. The molecule has 1 aliphatic rings. The molecule has 1 saturated carbocycles. The van der Waals surface area contributed by atoms with E-state index in [1.807, 2.05) is 41.0 Å². The summed E-state index contributed by atoms with van der Waals surface area (Å²) in [5.41, 5.74) is 0.907. The van der Waals surface area contributed by atoms with Crippen LogP contribution in [0.4, 0.5) is 0 Å². The zero-order valence-electron chi connectivity index (χ0n) is 17.8. The van der Waals surface area contributed by atoms with Crippen molar-refractivity contribution in [2.24, 2.45) is 11.8 Å². The monoisotopic (exact) mass is 458 g/mol.